The van der Waals surface area contributed by atoms with E-state index in [2.05, 4.69) is 56.0 Å². The molecule has 1 saturated heterocycles. The summed E-state index contributed by atoms with van der Waals surface area (Å²) in [5.41, 5.74) is 2.40. The third-order valence-electron chi connectivity index (χ3n) is 7.03. The summed E-state index contributed by atoms with van der Waals surface area (Å²) in [6.45, 7) is 9.85. The maximum Gasteiger partial charge on any atom is 0.333 e. The van der Waals surface area contributed by atoms with Gasteiger partial charge in [-0.2, -0.15) is 0 Å². The van der Waals surface area contributed by atoms with E-state index < -0.39 is 6.29 Å². The summed E-state index contributed by atoms with van der Waals surface area (Å²) in [5.74, 6) is 1.91. The summed E-state index contributed by atoms with van der Waals surface area (Å²) in [6, 6.07) is 10.6. The molecule has 2 aliphatic heterocycles. The summed E-state index contributed by atoms with van der Waals surface area (Å²) >= 11 is 0. The van der Waals surface area contributed by atoms with Gasteiger partial charge < -0.3 is 9.47 Å². The molecule has 1 saturated carbocycles. The molecule has 2 heterocycles. The Morgan fingerprint density at radius 3 is 2.72 bits per heavy atom. The van der Waals surface area contributed by atoms with E-state index in [1.54, 1.807) is 6.08 Å². The van der Waals surface area contributed by atoms with E-state index in [0.29, 0.717) is 23.7 Å². The van der Waals surface area contributed by atoms with Gasteiger partial charge in [0.1, 0.15) is 0 Å². The maximum atomic E-state index is 12.1. The van der Waals surface area contributed by atoms with Gasteiger partial charge in [-0.1, -0.05) is 57.5 Å². The first-order valence-corrected chi connectivity index (χ1v) is 11.3. The van der Waals surface area contributed by atoms with Crippen LogP contribution in [0.1, 0.15) is 52.0 Å². The molecular formula is C25H35NO3. The molecule has 0 unspecified atom stereocenters. The van der Waals surface area contributed by atoms with E-state index in [1.807, 2.05) is 0 Å². The number of nitrogens with zero attached hydrogens (tertiary/aromatic N) is 1. The van der Waals surface area contributed by atoms with E-state index in [1.165, 1.54) is 18.4 Å². The van der Waals surface area contributed by atoms with Crippen molar-refractivity contribution in [1.82, 2.24) is 4.90 Å². The SMILES string of the molecule is CC(C)[C@@H]1CC[C@@H](C)C[C@H]1O[C@H]1OC(=O)C=C1[C@@H]1CCN(Cc2ccccc2)C1. The molecule has 1 aromatic carbocycles. The highest BCUT2D eigenvalue weighted by Gasteiger charge is 2.40. The molecule has 158 valence electrons. The number of likely N-dealkylation sites (tertiary alicyclic amines) is 1. The number of esters is 1. The zero-order valence-electron chi connectivity index (χ0n) is 18.0. The van der Waals surface area contributed by atoms with Gasteiger partial charge >= 0.3 is 5.97 Å². The number of hydrogen-bond donors (Lipinski definition) is 0. The number of carbonyl (C=O) groups is 1. The van der Waals surface area contributed by atoms with Crippen molar-refractivity contribution in [3.8, 4) is 0 Å². The standard InChI is InChI=1S/C25H35NO3/c1-17(2)21-10-9-18(3)13-23(21)28-25-22(14-24(27)29-25)20-11-12-26(16-20)15-19-7-5-4-6-8-19/h4-8,14,17-18,20-21,23,25H,9-13,15-16H2,1-3H3/t18-,20-,21+,23-,25+/m1/s1. The zero-order chi connectivity index (χ0) is 20.4. The molecule has 1 aliphatic carbocycles. The topological polar surface area (TPSA) is 38.8 Å². The van der Waals surface area contributed by atoms with Crippen LogP contribution in [0.15, 0.2) is 42.0 Å². The summed E-state index contributed by atoms with van der Waals surface area (Å²) < 4.78 is 12.1. The van der Waals surface area contributed by atoms with Crippen LogP contribution in [0.5, 0.6) is 0 Å². The van der Waals surface area contributed by atoms with Crippen LogP contribution in [0, 0.1) is 23.7 Å². The third-order valence-corrected chi connectivity index (χ3v) is 7.03. The van der Waals surface area contributed by atoms with E-state index in [-0.39, 0.29) is 12.1 Å². The molecule has 0 N–H and O–H groups in total. The zero-order valence-corrected chi connectivity index (χ0v) is 18.0. The van der Waals surface area contributed by atoms with E-state index in [9.17, 15) is 4.79 Å². The number of ether oxygens (including phenoxy) is 2. The molecule has 0 aromatic heterocycles. The quantitative estimate of drug-likeness (QED) is 0.647. The molecular weight excluding hydrogens is 362 g/mol. The number of benzene rings is 1. The number of cyclic esters (lactones) is 1. The number of carbonyl (C=O) groups excluding carboxylic acids is 1. The van der Waals surface area contributed by atoms with Crippen LogP contribution < -0.4 is 0 Å². The molecule has 5 atom stereocenters. The molecule has 3 aliphatic rings. The van der Waals surface area contributed by atoms with Gasteiger partial charge in [0.15, 0.2) is 0 Å². The van der Waals surface area contributed by atoms with Crippen molar-refractivity contribution in [1.29, 1.82) is 0 Å². The highest BCUT2D eigenvalue weighted by atomic mass is 16.7. The first-order chi connectivity index (χ1) is 14.0. The molecule has 2 fully saturated rings. The first-order valence-electron chi connectivity index (χ1n) is 11.3. The summed E-state index contributed by atoms with van der Waals surface area (Å²) in [7, 11) is 0. The van der Waals surface area contributed by atoms with E-state index in [0.717, 1.165) is 38.0 Å². The summed E-state index contributed by atoms with van der Waals surface area (Å²) in [6.07, 6.45) is 6.00. The van der Waals surface area contributed by atoms with Gasteiger partial charge in [0.05, 0.1) is 6.10 Å². The highest BCUT2D eigenvalue weighted by Crippen LogP contribution is 2.39. The van der Waals surface area contributed by atoms with Crippen molar-refractivity contribution < 1.29 is 14.3 Å². The van der Waals surface area contributed by atoms with Gasteiger partial charge in [0.25, 0.3) is 0 Å². The largest absolute Gasteiger partial charge is 0.428 e. The second-order valence-electron chi connectivity index (χ2n) is 9.62. The van der Waals surface area contributed by atoms with Crippen LogP contribution in [0.4, 0.5) is 0 Å². The van der Waals surface area contributed by atoms with Gasteiger partial charge in [0.2, 0.25) is 6.29 Å². The Bertz CT molecular complexity index is 729. The summed E-state index contributed by atoms with van der Waals surface area (Å²) in [4.78, 5) is 14.6. The van der Waals surface area contributed by atoms with Crippen molar-refractivity contribution in [2.45, 2.75) is 65.4 Å². The number of hydrogen-bond acceptors (Lipinski definition) is 4. The van der Waals surface area contributed by atoms with Crippen molar-refractivity contribution in [3.63, 3.8) is 0 Å². The maximum absolute atomic E-state index is 12.1. The fourth-order valence-corrected chi connectivity index (χ4v) is 5.35. The van der Waals surface area contributed by atoms with Crippen molar-refractivity contribution in [3.05, 3.63) is 47.5 Å². The number of rotatable bonds is 6. The van der Waals surface area contributed by atoms with Gasteiger partial charge in [-0.3, -0.25) is 4.90 Å². The average molecular weight is 398 g/mol. The average Bonchev–Trinajstić information content (AvgIpc) is 3.28. The predicted molar refractivity (Wildman–Crippen MR) is 114 cm³/mol. The predicted octanol–water partition coefficient (Wildman–Crippen LogP) is 4.80. The van der Waals surface area contributed by atoms with E-state index in [4.69, 9.17) is 9.47 Å². The molecule has 0 amide bonds. The first kappa shape index (κ1) is 20.6. The monoisotopic (exact) mass is 397 g/mol. The van der Waals surface area contributed by atoms with Crippen LogP contribution in [0.3, 0.4) is 0 Å². The van der Waals surface area contributed by atoms with Gasteiger partial charge in [-0.25, -0.2) is 4.79 Å². The second-order valence-corrected chi connectivity index (χ2v) is 9.62. The Morgan fingerprint density at radius 1 is 1.17 bits per heavy atom. The minimum absolute atomic E-state index is 0.180. The van der Waals surface area contributed by atoms with E-state index >= 15 is 0 Å². The van der Waals surface area contributed by atoms with Crippen LogP contribution >= 0.6 is 0 Å². The van der Waals surface area contributed by atoms with Crippen molar-refractivity contribution >= 4 is 5.97 Å². The van der Waals surface area contributed by atoms with Gasteiger partial charge in [0, 0.05) is 30.7 Å². The molecule has 4 rings (SSSR count). The second kappa shape index (κ2) is 9.01. The van der Waals surface area contributed by atoms with Crippen molar-refractivity contribution in [2.24, 2.45) is 23.7 Å². The normalized spacial score (nSPS) is 33.2. The third kappa shape index (κ3) is 4.92. The van der Waals surface area contributed by atoms with Gasteiger partial charge in [-0.05, 0) is 49.1 Å². The lowest BCUT2D eigenvalue weighted by molar-refractivity contribution is -0.182. The highest BCUT2D eigenvalue weighted by molar-refractivity contribution is 5.85. The Labute approximate surface area is 175 Å². The molecule has 0 spiro atoms. The molecule has 1 aromatic rings. The minimum Gasteiger partial charge on any atom is -0.428 e. The Morgan fingerprint density at radius 2 is 1.97 bits per heavy atom. The van der Waals surface area contributed by atoms with Crippen molar-refractivity contribution in [2.75, 3.05) is 13.1 Å². The Hall–Kier alpha value is -1.65. The molecule has 0 radical (unpaired) electrons. The lowest BCUT2D eigenvalue weighted by atomic mass is 9.75. The molecule has 29 heavy (non-hydrogen) atoms. The van der Waals surface area contributed by atoms with Gasteiger partial charge in [-0.15, -0.1) is 0 Å². The van der Waals surface area contributed by atoms with Crippen LogP contribution in [-0.2, 0) is 20.8 Å². The smallest absolute Gasteiger partial charge is 0.333 e. The molecule has 0 bridgehead atoms. The van der Waals surface area contributed by atoms with Crippen LogP contribution in [0.25, 0.3) is 0 Å². The Balaban J connectivity index is 1.40. The fraction of sp³-hybridized carbons (Fsp3) is 0.640. The lowest BCUT2D eigenvalue weighted by Crippen LogP contribution is -2.38. The lowest BCUT2D eigenvalue weighted by Gasteiger charge is -2.38. The van der Waals surface area contributed by atoms with Crippen LogP contribution in [0.2, 0.25) is 0 Å². The van der Waals surface area contributed by atoms with Crippen LogP contribution in [-0.4, -0.2) is 36.4 Å². The molecule has 4 heteroatoms. The summed E-state index contributed by atoms with van der Waals surface area (Å²) in [5, 5.41) is 0. The molecule has 4 nitrogen and oxygen atoms in total. The minimum atomic E-state index is -0.485. The fourth-order valence-electron chi connectivity index (χ4n) is 5.35. The Kier molecular flexibility index (Phi) is 6.41.